The largest absolute Gasteiger partial charge is 0.0648 e. The lowest BCUT2D eigenvalue weighted by Gasteiger charge is -2.14. The average Bonchev–Trinajstić information content (AvgIpc) is 2.70. The lowest BCUT2D eigenvalue weighted by molar-refractivity contribution is 0.463. The molecule has 4 bridgehead atoms. The zero-order valence-corrected chi connectivity index (χ0v) is 9.32. The van der Waals surface area contributed by atoms with E-state index in [9.17, 15) is 0 Å². The van der Waals surface area contributed by atoms with Crippen molar-refractivity contribution in [3.63, 3.8) is 0 Å². The molecule has 0 heterocycles. The Bertz CT molecular complexity index is 394. The number of hydrogen-bond donors (Lipinski definition) is 0. The summed E-state index contributed by atoms with van der Waals surface area (Å²) in [4.78, 5) is 0. The van der Waals surface area contributed by atoms with Crippen LogP contribution in [0.25, 0.3) is 0 Å². The van der Waals surface area contributed by atoms with Crippen LogP contribution in [0.2, 0.25) is 0 Å². The summed E-state index contributed by atoms with van der Waals surface area (Å²) < 4.78 is 0. The Morgan fingerprint density at radius 1 is 1.27 bits per heavy atom. The first-order valence-electron chi connectivity index (χ1n) is 6.42. The predicted molar refractivity (Wildman–Crippen MR) is 61.6 cm³/mol. The van der Waals surface area contributed by atoms with E-state index in [1.807, 2.05) is 0 Å². The van der Waals surface area contributed by atoms with Gasteiger partial charge in [-0.2, -0.15) is 0 Å². The average molecular weight is 198 g/mol. The summed E-state index contributed by atoms with van der Waals surface area (Å²) in [5, 5.41) is 0. The number of hydrogen-bond acceptors (Lipinski definition) is 0. The Kier molecular flexibility index (Phi) is 1.39. The molecule has 1 aromatic carbocycles. The third-order valence-electron chi connectivity index (χ3n) is 5.66. The van der Waals surface area contributed by atoms with Gasteiger partial charge in [0.1, 0.15) is 0 Å². The molecule has 0 spiro atoms. The van der Waals surface area contributed by atoms with Crippen LogP contribution < -0.4 is 0 Å². The highest BCUT2D eigenvalue weighted by Crippen LogP contribution is 2.84. The molecule has 4 aliphatic carbocycles. The highest BCUT2D eigenvalue weighted by molar-refractivity contribution is 5.36. The van der Waals surface area contributed by atoms with Crippen molar-refractivity contribution < 1.29 is 0 Å². The molecule has 5 unspecified atom stereocenters. The molecule has 4 aliphatic rings. The summed E-state index contributed by atoms with van der Waals surface area (Å²) in [6.45, 7) is 2.41. The van der Waals surface area contributed by atoms with E-state index in [0.29, 0.717) is 0 Å². The second kappa shape index (κ2) is 2.48. The van der Waals surface area contributed by atoms with Crippen molar-refractivity contribution in [2.75, 3.05) is 0 Å². The Morgan fingerprint density at radius 2 is 2.07 bits per heavy atom. The molecule has 0 radical (unpaired) electrons. The first kappa shape index (κ1) is 8.38. The Labute approximate surface area is 91.7 Å². The first-order valence-corrected chi connectivity index (χ1v) is 6.42. The van der Waals surface area contributed by atoms with E-state index in [2.05, 4.69) is 37.3 Å². The molecule has 1 aromatic rings. The van der Waals surface area contributed by atoms with E-state index >= 15 is 0 Å². The van der Waals surface area contributed by atoms with Gasteiger partial charge in [0.2, 0.25) is 0 Å². The summed E-state index contributed by atoms with van der Waals surface area (Å²) in [5.41, 5.74) is 2.44. The number of rotatable bonds is 2. The summed E-state index contributed by atoms with van der Waals surface area (Å²) in [7, 11) is 0. The van der Waals surface area contributed by atoms with Gasteiger partial charge in [-0.15, -0.1) is 0 Å². The summed E-state index contributed by atoms with van der Waals surface area (Å²) in [6, 6.07) is 11.3. The minimum atomic E-state index is 0.811. The van der Waals surface area contributed by atoms with Crippen LogP contribution >= 0.6 is 0 Å². The third kappa shape index (κ3) is 0.814. The molecule has 15 heavy (non-hydrogen) atoms. The van der Waals surface area contributed by atoms with E-state index in [1.54, 1.807) is 12.0 Å². The van der Waals surface area contributed by atoms with Crippen LogP contribution in [0.1, 0.15) is 37.7 Å². The molecule has 4 fully saturated rings. The summed E-state index contributed by atoms with van der Waals surface area (Å²) >= 11 is 0. The molecule has 78 valence electrons. The monoisotopic (exact) mass is 198 g/mol. The van der Waals surface area contributed by atoms with Gasteiger partial charge in [0.25, 0.3) is 0 Å². The van der Waals surface area contributed by atoms with E-state index in [4.69, 9.17) is 0 Å². The number of benzene rings is 1. The van der Waals surface area contributed by atoms with Crippen molar-refractivity contribution in [1.29, 1.82) is 0 Å². The quantitative estimate of drug-likeness (QED) is 0.677. The van der Waals surface area contributed by atoms with Gasteiger partial charge >= 0.3 is 0 Å². The van der Waals surface area contributed by atoms with Crippen molar-refractivity contribution in [1.82, 2.24) is 0 Å². The fourth-order valence-electron chi connectivity index (χ4n) is 5.15. The van der Waals surface area contributed by atoms with Crippen LogP contribution in [-0.2, 0) is 0 Å². The van der Waals surface area contributed by atoms with Gasteiger partial charge in [0.05, 0.1) is 0 Å². The molecule has 0 N–H and O–H groups in total. The zero-order chi connectivity index (χ0) is 10.0. The maximum atomic E-state index is 2.41. The molecular weight excluding hydrogens is 180 g/mol. The van der Waals surface area contributed by atoms with Crippen LogP contribution in [0.4, 0.5) is 0 Å². The molecule has 5 atom stereocenters. The Balaban J connectivity index is 1.73. The fraction of sp³-hybridized carbons (Fsp3) is 0.600. The van der Waals surface area contributed by atoms with E-state index in [0.717, 1.165) is 29.1 Å². The second-order valence-corrected chi connectivity index (χ2v) is 5.86. The molecule has 0 saturated heterocycles. The van der Waals surface area contributed by atoms with Crippen molar-refractivity contribution in [2.24, 2.45) is 23.2 Å². The van der Waals surface area contributed by atoms with E-state index in [-0.39, 0.29) is 0 Å². The summed E-state index contributed by atoms with van der Waals surface area (Å²) in [6.07, 6.45) is 4.51. The first-order chi connectivity index (χ1) is 7.37. The highest BCUT2D eigenvalue weighted by Gasteiger charge is 2.77. The van der Waals surface area contributed by atoms with Crippen LogP contribution in [0.15, 0.2) is 30.3 Å². The summed E-state index contributed by atoms with van der Waals surface area (Å²) in [5.74, 6) is 4.13. The van der Waals surface area contributed by atoms with E-state index < -0.39 is 0 Å². The molecule has 0 aliphatic heterocycles. The van der Waals surface area contributed by atoms with Gasteiger partial charge in [-0.25, -0.2) is 0 Å². The maximum Gasteiger partial charge on any atom is -0.00967 e. The zero-order valence-electron chi connectivity index (χ0n) is 9.32. The van der Waals surface area contributed by atoms with E-state index in [1.165, 1.54) is 12.8 Å². The maximum absolute atomic E-state index is 2.41. The molecule has 0 amide bonds. The normalized spacial score (nSPS) is 49.7. The molecule has 4 saturated carbocycles. The highest BCUT2D eigenvalue weighted by atomic mass is 14.8. The SMILES string of the molecule is CCC12CC3CC1C2C3c1ccccc1. The second-order valence-electron chi connectivity index (χ2n) is 5.86. The van der Waals surface area contributed by atoms with Crippen LogP contribution in [-0.4, -0.2) is 0 Å². The van der Waals surface area contributed by atoms with Gasteiger partial charge in [-0.1, -0.05) is 37.3 Å². The minimum Gasteiger partial charge on any atom is -0.0648 e. The van der Waals surface area contributed by atoms with Crippen LogP contribution in [0, 0.1) is 23.2 Å². The van der Waals surface area contributed by atoms with Crippen LogP contribution in [0.3, 0.4) is 0 Å². The van der Waals surface area contributed by atoms with Crippen molar-refractivity contribution in [3.05, 3.63) is 35.9 Å². The molecule has 0 heteroatoms. The topological polar surface area (TPSA) is 0 Å². The third-order valence-corrected chi connectivity index (χ3v) is 5.66. The molecular formula is C15H18. The standard InChI is InChI=1S/C15H18/c1-2-15-9-11-8-12(15)14(15)13(11)10-6-4-3-5-7-10/h3-7,11-14H,2,8-9H2,1H3. The van der Waals surface area contributed by atoms with Gasteiger partial charge in [-0.05, 0) is 53.9 Å². The van der Waals surface area contributed by atoms with Crippen LogP contribution in [0.5, 0.6) is 0 Å². The molecule has 0 nitrogen and oxygen atoms in total. The van der Waals surface area contributed by atoms with Crippen molar-refractivity contribution >= 4 is 0 Å². The van der Waals surface area contributed by atoms with Gasteiger partial charge in [0.15, 0.2) is 0 Å². The Morgan fingerprint density at radius 3 is 2.67 bits per heavy atom. The molecule has 5 rings (SSSR count). The Hall–Kier alpha value is -0.780. The lowest BCUT2D eigenvalue weighted by atomic mass is 9.90. The molecule has 0 aromatic heterocycles. The van der Waals surface area contributed by atoms with Gasteiger partial charge < -0.3 is 0 Å². The van der Waals surface area contributed by atoms with Crippen molar-refractivity contribution in [2.45, 2.75) is 32.1 Å². The predicted octanol–water partition coefficient (Wildman–Crippen LogP) is 3.84. The van der Waals surface area contributed by atoms with Crippen molar-refractivity contribution in [3.8, 4) is 0 Å². The fourth-order valence-corrected chi connectivity index (χ4v) is 5.15. The van der Waals surface area contributed by atoms with Gasteiger partial charge in [-0.3, -0.25) is 0 Å². The minimum absolute atomic E-state index is 0.811. The smallest absolute Gasteiger partial charge is 0.00967 e. The van der Waals surface area contributed by atoms with Gasteiger partial charge in [0, 0.05) is 0 Å². The lowest BCUT2D eigenvalue weighted by Crippen LogP contribution is -2.02.